The minimum atomic E-state index is -4.42. The minimum absolute atomic E-state index is 0. The first-order valence-corrected chi connectivity index (χ1v) is 21.4. The van der Waals surface area contributed by atoms with Crippen LogP contribution in [-0.2, 0) is 31.4 Å². The van der Waals surface area contributed by atoms with Gasteiger partial charge >= 0.3 is 30.1 Å². The maximum atomic E-state index is 12.7. The number of fused-ring (bicyclic) bond motifs is 4. The van der Waals surface area contributed by atoms with Gasteiger partial charge in [0.2, 0.25) is 5.88 Å². The predicted molar refractivity (Wildman–Crippen MR) is 220 cm³/mol. The van der Waals surface area contributed by atoms with Crippen LogP contribution in [0, 0.1) is 10.8 Å². The molecule has 0 aromatic carbocycles. The molecule has 4 aliphatic rings. The first-order chi connectivity index (χ1) is 29.3. The number of nitrogens with zero attached hydrogens (tertiary/aromatic N) is 6. The fraction of sp³-hybridized carbons (Fsp3) is 0.622. The molecule has 19 heteroatoms. The number of pyridine rings is 3. The van der Waals surface area contributed by atoms with E-state index in [2.05, 4.69) is 9.97 Å². The molecule has 1 N–H and O–H groups in total. The number of hydrogen-bond donors (Lipinski definition) is 1. The summed E-state index contributed by atoms with van der Waals surface area (Å²) in [4.78, 5) is 39.4. The SMILES string of the molecule is CC(C)(C)C(=O)OC1C[C@H]2CCC[C@@H](C1)N2O.CC(C)(C)C(=O)OC1C[C@H]2CCC[C@@H](C1)N2Oc1ccc(C(F)(F)F)cn1.CN(C)c1cc[n+](-c2ccc(C(F)(F)F)cn2)cc1.[Cl-]. The van der Waals surface area contributed by atoms with E-state index in [4.69, 9.17) is 14.3 Å². The zero-order valence-electron chi connectivity index (χ0n) is 37.6. The third kappa shape index (κ3) is 14.4. The summed E-state index contributed by atoms with van der Waals surface area (Å²) in [6, 6.07) is 8.77. The molecule has 0 spiro atoms. The number of hydrogen-bond acceptors (Lipinski definition) is 11. The summed E-state index contributed by atoms with van der Waals surface area (Å²) in [6.07, 6.45) is 5.05. The quantitative estimate of drug-likeness (QED) is 0.174. The molecular weight excluding hydrogens is 870 g/mol. The topological polar surface area (TPSA) is 121 Å². The first kappa shape index (κ1) is 52.4. The van der Waals surface area contributed by atoms with E-state index in [1.54, 1.807) is 17.0 Å². The molecule has 64 heavy (non-hydrogen) atoms. The van der Waals surface area contributed by atoms with Crippen molar-refractivity contribution in [2.75, 3.05) is 19.0 Å². The normalized spacial score (nSPS) is 23.7. The molecule has 4 bridgehead atoms. The van der Waals surface area contributed by atoms with E-state index in [0.29, 0.717) is 18.7 Å². The number of rotatable bonds is 6. The van der Waals surface area contributed by atoms with Gasteiger partial charge in [0.25, 0.3) is 0 Å². The summed E-state index contributed by atoms with van der Waals surface area (Å²) in [5.41, 5.74) is -1.54. The third-order valence-electron chi connectivity index (χ3n) is 11.5. The van der Waals surface area contributed by atoms with Crippen molar-refractivity contribution >= 4 is 17.6 Å². The molecule has 3 aromatic rings. The average molecular weight is 931 g/mol. The maximum Gasteiger partial charge on any atom is 0.420 e. The highest BCUT2D eigenvalue weighted by Crippen LogP contribution is 2.38. The number of carbonyl (C=O) groups excluding carboxylic acids is 2. The van der Waals surface area contributed by atoms with E-state index in [1.807, 2.05) is 77.7 Å². The Labute approximate surface area is 377 Å². The highest BCUT2D eigenvalue weighted by atomic mass is 35.5. The van der Waals surface area contributed by atoms with Crippen LogP contribution in [0.1, 0.15) is 117 Å². The zero-order valence-corrected chi connectivity index (χ0v) is 38.4. The largest absolute Gasteiger partial charge is 1.00 e. The van der Waals surface area contributed by atoms with Gasteiger partial charge in [0, 0.05) is 100 Å². The number of alkyl halides is 6. The Morgan fingerprint density at radius 2 is 1.09 bits per heavy atom. The molecule has 6 atom stereocenters. The lowest BCUT2D eigenvalue weighted by atomic mass is 9.84. The second-order valence-electron chi connectivity index (χ2n) is 18.9. The number of esters is 2. The molecule has 0 saturated carbocycles. The Morgan fingerprint density at radius 1 is 0.672 bits per heavy atom. The molecular formula is C45H61ClF6N6O6. The summed E-state index contributed by atoms with van der Waals surface area (Å²) in [7, 11) is 3.83. The van der Waals surface area contributed by atoms with Crippen LogP contribution in [0.4, 0.5) is 32.0 Å². The van der Waals surface area contributed by atoms with Crippen molar-refractivity contribution in [3.8, 4) is 11.7 Å². The fourth-order valence-electron chi connectivity index (χ4n) is 7.88. The molecule has 4 aliphatic heterocycles. The molecule has 0 radical (unpaired) electrons. The van der Waals surface area contributed by atoms with Crippen LogP contribution in [0.15, 0.2) is 61.2 Å². The highest BCUT2D eigenvalue weighted by Gasteiger charge is 2.43. The molecule has 12 nitrogen and oxygen atoms in total. The summed E-state index contributed by atoms with van der Waals surface area (Å²) in [5, 5.41) is 13.2. The molecule has 0 amide bonds. The van der Waals surface area contributed by atoms with E-state index in [-0.39, 0.29) is 66.6 Å². The molecule has 0 aliphatic carbocycles. The van der Waals surface area contributed by atoms with Crippen LogP contribution < -0.4 is 26.7 Å². The summed E-state index contributed by atoms with van der Waals surface area (Å²) in [6.45, 7) is 11.1. The molecule has 4 saturated heterocycles. The van der Waals surface area contributed by atoms with E-state index in [9.17, 15) is 41.1 Å². The number of carbonyl (C=O) groups is 2. The van der Waals surface area contributed by atoms with Crippen LogP contribution >= 0.6 is 0 Å². The lowest BCUT2D eigenvalue weighted by molar-refractivity contribution is -0.599. The van der Waals surface area contributed by atoms with Crippen molar-refractivity contribution in [2.24, 2.45) is 10.8 Å². The second-order valence-corrected chi connectivity index (χ2v) is 18.9. The van der Waals surface area contributed by atoms with Gasteiger partial charge in [-0.3, -0.25) is 9.59 Å². The molecule has 4 fully saturated rings. The van der Waals surface area contributed by atoms with E-state index >= 15 is 0 Å². The van der Waals surface area contributed by atoms with E-state index in [1.165, 1.54) is 23.6 Å². The van der Waals surface area contributed by atoms with Crippen molar-refractivity contribution in [2.45, 2.75) is 154 Å². The smallest absolute Gasteiger partial charge is 0.420 e. The van der Waals surface area contributed by atoms with Gasteiger partial charge in [-0.1, -0.05) is 12.8 Å². The first-order valence-electron chi connectivity index (χ1n) is 21.4. The number of hydroxylamine groups is 4. The van der Waals surface area contributed by atoms with Crippen LogP contribution in [0.5, 0.6) is 5.88 Å². The van der Waals surface area contributed by atoms with Gasteiger partial charge in [-0.15, -0.1) is 5.06 Å². The van der Waals surface area contributed by atoms with Gasteiger partial charge in [0.15, 0.2) is 6.20 Å². The van der Waals surface area contributed by atoms with Crippen LogP contribution in [0.25, 0.3) is 5.82 Å². The third-order valence-corrected chi connectivity index (χ3v) is 11.5. The Kier molecular flexibility index (Phi) is 17.5. The lowest BCUT2D eigenvalue weighted by Crippen LogP contribution is -3.00. The van der Waals surface area contributed by atoms with E-state index < -0.39 is 34.3 Å². The van der Waals surface area contributed by atoms with Gasteiger partial charge in [0.1, 0.15) is 12.2 Å². The van der Waals surface area contributed by atoms with Crippen LogP contribution in [0.2, 0.25) is 0 Å². The summed E-state index contributed by atoms with van der Waals surface area (Å²) < 4.78 is 88.1. The van der Waals surface area contributed by atoms with Gasteiger partial charge in [-0.05, 0) is 84.3 Å². The molecule has 7 heterocycles. The number of ether oxygens (including phenoxy) is 2. The predicted octanol–water partition coefficient (Wildman–Crippen LogP) is 6.17. The standard InChI is InChI=1S/C19H25F3N2O3.C13H13F3N3.C13H23NO3.ClH/c1-18(2,3)17(25)26-15-9-13-5-4-6-14(10-15)24(13)27-16-8-7-12(11-23-16)19(20,21)22;1-18(2)11-5-7-19(8-6-11)12-4-3-10(9-17-12)13(14,15)16;1-13(2,3)12(15)17-11-7-9-5-4-6-10(8-11)14(9)16;/h7-8,11,13-15H,4-6,9-10H2,1-3H3;3-9H,1-2H3;9-11,16H,4-8H2,1-3H3;1H/q;+1;;/p-1/t13-,14+,15?;;9-,10+,11?;. The van der Waals surface area contributed by atoms with Crippen molar-refractivity contribution < 1.29 is 72.4 Å². The number of aromatic nitrogens is 3. The van der Waals surface area contributed by atoms with Gasteiger partial charge in [-0.2, -0.15) is 31.4 Å². The van der Waals surface area contributed by atoms with Crippen LogP contribution in [0.3, 0.4) is 0 Å². The molecule has 356 valence electrons. The second kappa shape index (κ2) is 21.4. The number of anilines is 1. The summed E-state index contributed by atoms with van der Waals surface area (Å²) in [5.74, 6) is 0.236. The fourth-order valence-corrected chi connectivity index (χ4v) is 7.88. The van der Waals surface area contributed by atoms with Crippen LogP contribution in [-0.4, -0.2) is 87.7 Å². The highest BCUT2D eigenvalue weighted by molar-refractivity contribution is 5.76. The number of halogens is 7. The molecule has 2 unspecified atom stereocenters. The Bertz CT molecular complexity index is 1930. The summed E-state index contributed by atoms with van der Waals surface area (Å²) >= 11 is 0. The average Bonchev–Trinajstić information content (AvgIpc) is 3.18. The zero-order chi connectivity index (χ0) is 46.5. The van der Waals surface area contributed by atoms with Crippen molar-refractivity contribution in [3.63, 3.8) is 0 Å². The maximum absolute atomic E-state index is 12.7. The number of piperidine rings is 4. The minimum Gasteiger partial charge on any atom is -1.00 e. The van der Waals surface area contributed by atoms with Crippen molar-refractivity contribution in [1.29, 1.82) is 0 Å². The monoisotopic (exact) mass is 930 g/mol. The Morgan fingerprint density at radius 3 is 1.47 bits per heavy atom. The van der Waals surface area contributed by atoms with Crippen molar-refractivity contribution in [3.05, 3.63) is 72.3 Å². The molecule has 3 aromatic heterocycles. The van der Waals surface area contributed by atoms with Crippen molar-refractivity contribution in [1.82, 2.24) is 20.1 Å². The van der Waals surface area contributed by atoms with Gasteiger partial charge < -0.3 is 36.8 Å². The van der Waals surface area contributed by atoms with Gasteiger partial charge in [0.05, 0.1) is 34.4 Å². The molecule has 7 rings (SSSR count). The van der Waals surface area contributed by atoms with E-state index in [0.717, 1.165) is 75.2 Å². The Balaban J connectivity index is 0.000000216. The Hall–Kier alpha value is -4.26. The lowest BCUT2D eigenvalue weighted by Gasteiger charge is -2.46. The van der Waals surface area contributed by atoms with Gasteiger partial charge in [-0.25, -0.2) is 9.55 Å².